The van der Waals surface area contributed by atoms with Crippen molar-refractivity contribution >= 4 is 23.1 Å². The Balaban J connectivity index is 1.95. The molecule has 1 amide bonds. The van der Waals surface area contributed by atoms with Crippen LogP contribution in [0.25, 0.3) is 0 Å². The Morgan fingerprint density at radius 3 is 2.74 bits per heavy atom. The largest absolute Gasteiger partial charge is 0.416 e. The second-order valence-electron chi connectivity index (χ2n) is 5.39. The number of pyridine rings is 1. The van der Waals surface area contributed by atoms with Gasteiger partial charge in [0.15, 0.2) is 0 Å². The van der Waals surface area contributed by atoms with Gasteiger partial charge in [-0.2, -0.15) is 13.2 Å². The van der Waals surface area contributed by atoms with Gasteiger partial charge in [-0.25, -0.2) is 4.98 Å². The number of anilines is 3. The first-order valence-electron chi connectivity index (χ1n) is 7.07. The molecular formula is C16H14F3N3O. The smallest absolute Gasteiger partial charge is 0.355 e. The van der Waals surface area contributed by atoms with Crippen molar-refractivity contribution in [2.75, 3.05) is 10.6 Å². The van der Waals surface area contributed by atoms with Crippen molar-refractivity contribution in [1.82, 2.24) is 4.98 Å². The Morgan fingerprint density at radius 1 is 1.22 bits per heavy atom. The zero-order valence-electron chi connectivity index (χ0n) is 12.3. The van der Waals surface area contributed by atoms with Crippen LogP contribution in [0, 0.1) is 6.92 Å². The van der Waals surface area contributed by atoms with Gasteiger partial charge in [-0.15, -0.1) is 0 Å². The summed E-state index contributed by atoms with van der Waals surface area (Å²) in [7, 11) is 0. The van der Waals surface area contributed by atoms with Gasteiger partial charge in [0, 0.05) is 29.6 Å². The molecule has 0 unspecified atom stereocenters. The molecule has 0 saturated heterocycles. The van der Waals surface area contributed by atoms with Crippen molar-refractivity contribution in [1.29, 1.82) is 0 Å². The molecule has 0 saturated carbocycles. The number of hydrogen-bond donors (Lipinski definition) is 2. The van der Waals surface area contributed by atoms with E-state index in [2.05, 4.69) is 15.6 Å². The fraction of sp³-hybridized carbons (Fsp3) is 0.250. The summed E-state index contributed by atoms with van der Waals surface area (Å²) in [6, 6.07) is 5.80. The minimum atomic E-state index is -4.40. The van der Waals surface area contributed by atoms with E-state index in [1.807, 2.05) is 0 Å². The number of hydrogen-bond acceptors (Lipinski definition) is 3. The van der Waals surface area contributed by atoms with Gasteiger partial charge < -0.3 is 10.6 Å². The molecule has 2 heterocycles. The molecule has 1 aliphatic rings. The molecule has 120 valence electrons. The third kappa shape index (κ3) is 3.13. The molecule has 4 nitrogen and oxygen atoms in total. The molecule has 3 rings (SSSR count). The number of benzene rings is 1. The maximum absolute atomic E-state index is 13.0. The lowest BCUT2D eigenvalue weighted by molar-refractivity contribution is -0.138. The molecule has 2 aromatic rings. The number of carbonyl (C=O) groups is 1. The number of alkyl halides is 3. The molecular weight excluding hydrogens is 307 g/mol. The van der Waals surface area contributed by atoms with Gasteiger partial charge in [-0.05, 0) is 37.1 Å². The van der Waals surface area contributed by atoms with E-state index < -0.39 is 11.7 Å². The number of aromatic nitrogens is 1. The molecule has 2 N–H and O–H groups in total. The Morgan fingerprint density at radius 2 is 2.00 bits per heavy atom. The molecule has 0 atom stereocenters. The number of amides is 1. The number of halogens is 3. The predicted molar refractivity (Wildman–Crippen MR) is 80.7 cm³/mol. The van der Waals surface area contributed by atoms with E-state index in [1.54, 1.807) is 12.1 Å². The predicted octanol–water partition coefficient (Wildman–Crippen LogP) is 4.04. The molecule has 1 aromatic carbocycles. The van der Waals surface area contributed by atoms with Crippen LogP contribution in [0.2, 0.25) is 0 Å². The van der Waals surface area contributed by atoms with Crippen LogP contribution in [0.1, 0.15) is 23.1 Å². The molecule has 1 aromatic heterocycles. The summed E-state index contributed by atoms with van der Waals surface area (Å²) in [5.74, 6) is 0.339. The third-order valence-electron chi connectivity index (χ3n) is 3.74. The topological polar surface area (TPSA) is 54.0 Å². The average molecular weight is 321 g/mol. The van der Waals surface area contributed by atoms with Gasteiger partial charge in [0.05, 0.1) is 5.56 Å². The van der Waals surface area contributed by atoms with Crippen LogP contribution in [-0.2, 0) is 17.4 Å². The van der Waals surface area contributed by atoms with Crippen molar-refractivity contribution in [3.05, 3.63) is 47.2 Å². The van der Waals surface area contributed by atoms with E-state index in [9.17, 15) is 18.0 Å². The Labute approximate surface area is 130 Å². The maximum atomic E-state index is 13.0. The van der Waals surface area contributed by atoms with Crippen LogP contribution in [0.5, 0.6) is 0 Å². The normalized spacial score (nSPS) is 14.2. The minimum absolute atomic E-state index is 0.114. The van der Waals surface area contributed by atoms with E-state index in [-0.39, 0.29) is 11.5 Å². The number of nitrogens with zero attached hydrogens (tertiary/aromatic N) is 1. The zero-order chi connectivity index (χ0) is 16.6. The summed E-state index contributed by atoms with van der Waals surface area (Å²) in [5, 5.41) is 5.66. The highest BCUT2D eigenvalue weighted by Crippen LogP contribution is 2.35. The van der Waals surface area contributed by atoms with Crippen LogP contribution in [0.15, 0.2) is 30.5 Å². The molecule has 0 fully saturated rings. The first-order chi connectivity index (χ1) is 10.8. The lowest BCUT2D eigenvalue weighted by atomic mass is 10.0. The van der Waals surface area contributed by atoms with E-state index >= 15 is 0 Å². The molecule has 1 aliphatic heterocycles. The number of rotatable bonds is 2. The van der Waals surface area contributed by atoms with Crippen molar-refractivity contribution < 1.29 is 18.0 Å². The van der Waals surface area contributed by atoms with Gasteiger partial charge in [0.2, 0.25) is 5.91 Å². The monoisotopic (exact) mass is 321 g/mol. The highest BCUT2D eigenvalue weighted by Gasteiger charge is 2.32. The quantitative estimate of drug-likeness (QED) is 0.878. The third-order valence-corrected chi connectivity index (χ3v) is 3.74. The van der Waals surface area contributed by atoms with Gasteiger partial charge in [-0.3, -0.25) is 4.79 Å². The van der Waals surface area contributed by atoms with Gasteiger partial charge in [0.1, 0.15) is 5.82 Å². The maximum Gasteiger partial charge on any atom is 0.416 e. The Kier molecular flexibility index (Phi) is 3.71. The van der Waals surface area contributed by atoms with Crippen molar-refractivity contribution in [2.45, 2.75) is 25.9 Å². The molecule has 23 heavy (non-hydrogen) atoms. The summed E-state index contributed by atoms with van der Waals surface area (Å²) in [4.78, 5) is 15.5. The van der Waals surface area contributed by atoms with Gasteiger partial charge in [-0.1, -0.05) is 6.07 Å². The van der Waals surface area contributed by atoms with Crippen LogP contribution in [0.4, 0.5) is 30.4 Å². The zero-order valence-corrected chi connectivity index (χ0v) is 12.3. The van der Waals surface area contributed by atoms with Crippen molar-refractivity contribution in [2.24, 2.45) is 0 Å². The highest BCUT2D eigenvalue weighted by molar-refractivity contribution is 5.94. The van der Waals surface area contributed by atoms with Gasteiger partial charge in [0.25, 0.3) is 0 Å². The number of nitrogens with one attached hydrogen (secondary N) is 2. The van der Waals surface area contributed by atoms with E-state index in [1.165, 1.54) is 19.2 Å². The second kappa shape index (κ2) is 5.57. The Bertz CT molecular complexity index is 772. The molecule has 0 radical (unpaired) electrons. The van der Waals surface area contributed by atoms with Crippen molar-refractivity contribution in [3.63, 3.8) is 0 Å². The minimum Gasteiger partial charge on any atom is -0.355 e. The van der Waals surface area contributed by atoms with Crippen LogP contribution >= 0.6 is 0 Å². The van der Waals surface area contributed by atoms with Crippen LogP contribution in [0.3, 0.4) is 0 Å². The lowest BCUT2D eigenvalue weighted by Crippen LogP contribution is -2.20. The number of fused-ring (bicyclic) bond motifs is 1. The molecule has 0 aliphatic carbocycles. The van der Waals surface area contributed by atoms with Gasteiger partial charge >= 0.3 is 6.18 Å². The lowest BCUT2D eigenvalue weighted by Gasteiger charge is -2.20. The highest BCUT2D eigenvalue weighted by atomic mass is 19.4. The van der Waals surface area contributed by atoms with Crippen molar-refractivity contribution in [3.8, 4) is 0 Å². The summed E-state index contributed by atoms with van der Waals surface area (Å²) < 4.78 is 39.0. The SMILES string of the molecule is Cc1ccc(Nc2ccnc3c2CCC(=O)N3)cc1C(F)(F)F. The second-order valence-corrected chi connectivity index (χ2v) is 5.39. The fourth-order valence-corrected chi connectivity index (χ4v) is 2.56. The van der Waals surface area contributed by atoms with E-state index in [4.69, 9.17) is 0 Å². The first kappa shape index (κ1) is 15.3. The number of aryl methyl sites for hydroxylation is 1. The fourth-order valence-electron chi connectivity index (χ4n) is 2.56. The molecule has 7 heteroatoms. The van der Waals surface area contributed by atoms with Crippen LogP contribution in [-0.4, -0.2) is 10.9 Å². The summed E-state index contributed by atoms with van der Waals surface area (Å²) >= 11 is 0. The molecule has 0 bridgehead atoms. The summed E-state index contributed by atoms with van der Waals surface area (Å²) in [6.45, 7) is 1.43. The standard InChI is InChI=1S/C16H14F3N3O/c1-9-2-3-10(8-12(9)16(17,18)19)21-13-6-7-20-15-11(13)4-5-14(23)22-15/h2-3,6-8H,4-5H2,1H3,(H2,20,21,22,23). The number of carbonyl (C=O) groups excluding carboxylic acids is 1. The summed E-state index contributed by atoms with van der Waals surface area (Å²) in [5.41, 5.74) is 1.28. The van der Waals surface area contributed by atoms with Crippen LogP contribution < -0.4 is 10.6 Å². The Hall–Kier alpha value is -2.57. The van der Waals surface area contributed by atoms with E-state index in [0.717, 1.165) is 11.6 Å². The van der Waals surface area contributed by atoms with E-state index in [0.29, 0.717) is 30.0 Å². The first-order valence-corrected chi connectivity index (χ1v) is 7.07. The molecule has 0 spiro atoms. The summed E-state index contributed by atoms with van der Waals surface area (Å²) in [6.07, 6.45) is -2.07. The average Bonchev–Trinajstić information content (AvgIpc) is 2.48.